The van der Waals surface area contributed by atoms with Gasteiger partial charge in [0.2, 0.25) is 0 Å². The Balaban J connectivity index is 1.64. The maximum Gasteiger partial charge on any atom is 0.274 e. The smallest absolute Gasteiger partial charge is 0.274 e. The summed E-state index contributed by atoms with van der Waals surface area (Å²) < 4.78 is 13.3. The minimum absolute atomic E-state index is 0.0631. The first kappa shape index (κ1) is 19.3. The van der Waals surface area contributed by atoms with Crippen molar-refractivity contribution >= 4 is 22.5 Å². The summed E-state index contributed by atoms with van der Waals surface area (Å²) in [5.74, 6) is 0.321. The van der Waals surface area contributed by atoms with Gasteiger partial charge in [0.05, 0.1) is 17.0 Å². The molecule has 0 amide bonds. The van der Waals surface area contributed by atoms with E-state index in [1.807, 2.05) is 13.1 Å². The van der Waals surface area contributed by atoms with Gasteiger partial charge in [0, 0.05) is 36.3 Å². The van der Waals surface area contributed by atoms with Crippen LogP contribution in [0.1, 0.15) is 18.1 Å². The molecule has 0 aliphatic rings. The third kappa shape index (κ3) is 4.64. The summed E-state index contributed by atoms with van der Waals surface area (Å²) in [6.07, 6.45) is 2.60. The zero-order valence-corrected chi connectivity index (χ0v) is 15.5. The topological polar surface area (TPSA) is 95.3 Å². The molecule has 0 atom stereocenters. The average Bonchev–Trinajstić information content (AvgIpc) is 3.08. The molecule has 0 saturated heterocycles. The van der Waals surface area contributed by atoms with Crippen molar-refractivity contribution in [3.8, 4) is 0 Å². The van der Waals surface area contributed by atoms with Crippen LogP contribution in [0, 0.1) is 15.9 Å². The monoisotopic (exact) mass is 383 g/mol. The number of rotatable bonds is 7. The van der Waals surface area contributed by atoms with Gasteiger partial charge in [-0.2, -0.15) is 0 Å². The van der Waals surface area contributed by atoms with Crippen LogP contribution >= 0.6 is 0 Å². The van der Waals surface area contributed by atoms with Crippen molar-refractivity contribution in [3.05, 3.63) is 75.7 Å². The predicted molar refractivity (Wildman–Crippen MR) is 108 cm³/mol. The Labute approximate surface area is 161 Å². The van der Waals surface area contributed by atoms with Crippen molar-refractivity contribution in [1.82, 2.24) is 15.6 Å². The Hall–Kier alpha value is -3.42. The van der Waals surface area contributed by atoms with Crippen molar-refractivity contribution in [2.75, 3.05) is 13.1 Å². The molecule has 0 aliphatic heterocycles. The lowest BCUT2D eigenvalue weighted by atomic mass is 10.1. The summed E-state index contributed by atoms with van der Waals surface area (Å²) in [5.41, 5.74) is 2.47. The number of nitro benzene ring substituents is 1. The van der Waals surface area contributed by atoms with E-state index in [0.29, 0.717) is 24.6 Å². The van der Waals surface area contributed by atoms with Crippen LogP contribution < -0.4 is 10.6 Å². The van der Waals surface area contributed by atoms with E-state index < -0.39 is 4.92 Å². The number of nitro groups is 1. The molecule has 3 aromatic rings. The normalized spacial score (nSPS) is 11.6. The number of fused-ring (bicyclic) bond motifs is 1. The Bertz CT molecular complexity index is 999. The Morgan fingerprint density at radius 3 is 2.82 bits per heavy atom. The van der Waals surface area contributed by atoms with Gasteiger partial charge in [-0.1, -0.05) is 18.2 Å². The molecule has 146 valence electrons. The number of aliphatic imine (C=N–C) groups is 1. The molecule has 0 aliphatic carbocycles. The SMILES string of the molecule is CCNC(=NCc1ccccc1[N+](=O)[O-])NCCc1c[nH]c2cc(F)ccc12. The van der Waals surface area contributed by atoms with Gasteiger partial charge in [-0.3, -0.25) is 10.1 Å². The molecule has 0 unspecified atom stereocenters. The van der Waals surface area contributed by atoms with Crippen LogP contribution in [-0.4, -0.2) is 29.0 Å². The molecule has 28 heavy (non-hydrogen) atoms. The number of guanidine groups is 1. The lowest BCUT2D eigenvalue weighted by molar-refractivity contribution is -0.385. The number of hydrogen-bond acceptors (Lipinski definition) is 3. The maximum atomic E-state index is 13.3. The summed E-state index contributed by atoms with van der Waals surface area (Å²) in [6, 6.07) is 11.3. The van der Waals surface area contributed by atoms with Crippen molar-refractivity contribution in [1.29, 1.82) is 0 Å². The highest BCUT2D eigenvalue weighted by molar-refractivity contribution is 5.83. The van der Waals surface area contributed by atoms with E-state index in [1.54, 1.807) is 24.3 Å². The number of H-pyrrole nitrogens is 1. The predicted octanol–water partition coefficient (Wildman–Crippen LogP) is 3.51. The van der Waals surface area contributed by atoms with E-state index in [4.69, 9.17) is 0 Å². The molecule has 0 saturated carbocycles. The fourth-order valence-corrected chi connectivity index (χ4v) is 3.01. The fourth-order valence-electron chi connectivity index (χ4n) is 3.01. The van der Waals surface area contributed by atoms with Crippen LogP contribution in [0.3, 0.4) is 0 Å². The quantitative estimate of drug-likeness (QED) is 0.252. The first-order valence-corrected chi connectivity index (χ1v) is 9.08. The zero-order valence-electron chi connectivity index (χ0n) is 15.5. The number of halogens is 1. The highest BCUT2D eigenvalue weighted by atomic mass is 19.1. The minimum Gasteiger partial charge on any atom is -0.361 e. The van der Waals surface area contributed by atoms with Gasteiger partial charge < -0.3 is 15.6 Å². The second-order valence-electron chi connectivity index (χ2n) is 6.26. The number of hydrogen-bond donors (Lipinski definition) is 3. The number of benzene rings is 2. The largest absolute Gasteiger partial charge is 0.361 e. The van der Waals surface area contributed by atoms with E-state index in [1.165, 1.54) is 18.2 Å². The summed E-state index contributed by atoms with van der Waals surface area (Å²) in [7, 11) is 0. The molecule has 2 aromatic carbocycles. The van der Waals surface area contributed by atoms with Crippen LogP contribution in [0.25, 0.3) is 10.9 Å². The van der Waals surface area contributed by atoms with Crippen molar-refractivity contribution < 1.29 is 9.31 Å². The number of nitrogens with zero attached hydrogens (tertiary/aromatic N) is 2. The fraction of sp³-hybridized carbons (Fsp3) is 0.250. The second-order valence-corrected chi connectivity index (χ2v) is 6.26. The van der Waals surface area contributed by atoms with Crippen LogP contribution in [0.15, 0.2) is 53.7 Å². The molecule has 0 spiro atoms. The molecular formula is C20H22FN5O2. The molecule has 3 rings (SSSR count). The van der Waals surface area contributed by atoms with Crippen LogP contribution in [-0.2, 0) is 13.0 Å². The summed E-state index contributed by atoms with van der Waals surface area (Å²) in [4.78, 5) is 18.3. The van der Waals surface area contributed by atoms with Crippen LogP contribution in [0.4, 0.5) is 10.1 Å². The molecule has 1 aromatic heterocycles. The third-order valence-electron chi connectivity index (χ3n) is 4.36. The van der Waals surface area contributed by atoms with E-state index in [9.17, 15) is 14.5 Å². The van der Waals surface area contributed by atoms with E-state index in [0.717, 1.165) is 22.9 Å². The van der Waals surface area contributed by atoms with E-state index in [2.05, 4.69) is 20.6 Å². The lowest BCUT2D eigenvalue weighted by Crippen LogP contribution is -2.38. The van der Waals surface area contributed by atoms with Crippen molar-refractivity contribution in [2.24, 2.45) is 4.99 Å². The summed E-state index contributed by atoms with van der Waals surface area (Å²) >= 11 is 0. The molecule has 7 nitrogen and oxygen atoms in total. The lowest BCUT2D eigenvalue weighted by Gasteiger charge is -2.11. The van der Waals surface area contributed by atoms with Gasteiger partial charge in [-0.25, -0.2) is 9.38 Å². The van der Waals surface area contributed by atoms with Crippen molar-refractivity contribution in [3.63, 3.8) is 0 Å². The van der Waals surface area contributed by atoms with Gasteiger partial charge >= 0.3 is 0 Å². The maximum absolute atomic E-state index is 13.3. The molecule has 0 fully saturated rings. The second kappa shape index (κ2) is 8.98. The van der Waals surface area contributed by atoms with Crippen LogP contribution in [0.5, 0.6) is 0 Å². The Morgan fingerprint density at radius 1 is 1.21 bits per heavy atom. The van der Waals surface area contributed by atoms with Gasteiger partial charge in [-0.05, 0) is 37.1 Å². The molecule has 0 radical (unpaired) electrons. The molecule has 8 heteroatoms. The number of aromatic amines is 1. The zero-order chi connectivity index (χ0) is 19.9. The van der Waals surface area contributed by atoms with Gasteiger partial charge in [-0.15, -0.1) is 0 Å². The summed E-state index contributed by atoms with van der Waals surface area (Å²) in [6.45, 7) is 3.46. The first-order chi connectivity index (χ1) is 13.6. The number of aromatic nitrogens is 1. The Kier molecular flexibility index (Phi) is 6.21. The van der Waals surface area contributed by atoms with Crippen molar-refractivity contribution in [2.45, 2.75) is 19.9 Å². The average molecular weight is 383 g/mol. The number of nitrogens with one attached hydrogen (secondary N) is 3. The highest BCUT2D eigenvalue weighted by Crippen LogP contribution is 2.20. The molecule has 0 bridgehead atoms. The van der Waals surface area contributed by atoms with Gasteiger partial charge in [0.15, 0.2) is 5.96 Å². The molecule has 1 heterocycles. The van der Waals surface area contributed by atoms with Crippen LogP contribution in [0.2, 0.25) is 0 Å². The highest BCUT2D eigenvalue weighted by Gasteiger charge is 2.12. The van der Waals surface area contributed by atoms with Gasteiger partial charge in [0.25, 0.3) is 5.69 Å². The van der Waals surface area contributed by atoms with Gasteiger partial charge in [0.1, 0.15) is 5.82 Å². The minimum atomic E-state index is -0.398. The van der Waals surface area contributed by atoms with E-state index >= 15 is 0 Å². The molecule has 3 N–H and O–H groups in total. The Morgan fingerprint density at radius 2 is 2.04 bits per heavy atom. The third-order valence-corrected chi connectivity index (χ3v) is 4.36. The molecular weight excluding hydrogens is 361 g/mol. The van der Waals surface area contributed by atoms with E-state index in [-0.39, 0.29) is 18.0 Å². The first-order valence-electron chi connectivity index (χ1n) is 9.08. The summed E-state index contributed by atoms with van der Waals surface area (Å²) in [5, 5.41) is 18.5. The number of para-hydroxylation sites is 1. The standard InChI is InChI=1S/C20H22FN5O2/c1-2-22-20(25-13-15-5-3-4-6-19(15)26(27)28)23-10-9-14-12-24-18-11-16(21)7-8-17(14)18/h3-8,11-12,24H,2,9-10,13H2,1H3,(H2,22,23,25).